The van der Waals surface area contributed by atoms with Crippen LogP contribution >= 0.6 is 0 Å². The van der Waals surface area contributed by atoms with Crippen LogP contribution in [0.15, 0.2) is 54.7 Å². The second-order valence-electron chi connectivity index (χ2n) is 10.4. The lowest BCUT2D eigenvalue weighted by Gasteiger charge is -2.42. The summed E-state index contributed by atoms with van der Waals surface area (Å²) >= 11 is 0. The number of likely N-dealkylation sites (N-methyl/N-ethyl adjacent to an activating group) is 1. The van der Waals surface area contributed by atoms with Gasteiger partial charge in [-0.15, -0.1) is 0 Å². The van der Waals surface area contributed by atoms with E-state index in [1.807, 2.05) is 12.1 Å². The Hall–Kier alpha value is -3.83. The standard InChI is InChI=1S/C29H34N6O2/c1-21-16-25(20-35(18-21)27-10-7-23(17-30)28-26(27)4-3-11-31-28)32(2)19-22-5-8-24(9-6-22)33-12-14-34(15-13-33)29(36)37/h3-11,21,25H,12-16,18-20H2,1-2H3,(H,36,37)/t21-,25+/m0/s1. The molecular formula is C29H34N6O2. The summed E-state index contributed by atoms with van der Waals surface area (Å²) in [7, 11) is 2.21. The van der Waals surface area contributed by atoms with Crippen LogP contribution in [0.4, 0.5) is 16.2 Å². The monoisotopic (exact) mass is 498 g/mol. The number of rotatable bonds is 5. The molecule has 2 saturated heterocycles. The van der Waals surface area contributed by atoms with Crippen molar-refractivity contribution < 1.29 is 9.90 Å². The molecule has 0 unspecified atom stereocenters. The molecule has 1 aromatic heterocycles. The Labute approximate surface area is 218 Å². The Kier molecular flexibility index (Phi) is 7.15. The van der Waals surface area contributed by atoms with E-state index in [1.165, 1.54) is 10.5 Å². The molecule has 0 saturated carbocycles. The van der Waals surface area contributed by atoms with Gasteiger partial charge in [0.2, 0.25) is 0 Å². The number of piperidine rings is 1. The molecule has 5 rings (SSSR count). The third kappa shape index (κ3) is 5.32. The maximum absolute atomic E-state index is 11.2. The zero-order chi connectivity index (χ0) is 25.9. The van der Waals surface area contributed by atoms with Crippen LogP contribution in [0.5, 0.6) is 0 Å². The van der Waals surface area contributed by atoms with Crippen LogP contribution in [-0.4, -0.2) is 78.3 Å². The van der Waals surface area contributed by atoms with Gasteiger partial charge in [-0.2, -0.15) is 5.26 Å². The molecule has 2 aliphatic heterocycles. The summed E-state index contributed by atoms with van der Waals surface area (Å²) < 4.78 is 0. The fourth-order valence-corrected chi connectivity index (χ4v) is 5.74. The Morgan fingerprint density at radius 2 is 1.84 bits per heavy atom. The lowest BCUT2D eigenvalue weighted by molar-refractivity contribution is 0.142. The molecule has 3 heterocycles. The molecule has 2 aromatic carbocycles. The fourth-order valence-electron chi connectivity index (χ4n) is 5.74. The van der Waals surface area contributed by atoms with Gasteiger partial charge >= 0.3 is 6.09 Å². The zero-order valence-electron chi connectivity index (χ0n) is 21.5. The number of hydrogen-bond acceptors (Lipinski definition) is 6. The minimum Gasteiger partial charge on any atom is -0.465 e. The molecule has 2 aliphatic rings. The Balaban J connectivity index is 1.25. The van der Waals surface area contributed by atoms with Gasteiger partial charge in [0.15, 0.2) is 0 Å². The lowest BCUT2D eigenvalue weighted by atomic mass is 9.93. The topological polar surface area (TPSA) is 86.9 Å². The van der Waals surface area contributed by atoms with E-state index in [9.17, 15) is 15.2 Å². The molecule has 2 fully saturated rings. The number of carboxylic acid groups (broad SMARTS) is 1. The van der Waals surface area contributed by atoms with Gasteiger partial charge in [-0.05, 0) is 61.3 Å². The average Bonchev–Trinajstić information content (AvgIpc) is 2.92. The molecule has 2 atom stereocenters. The molecular weight excluding hydrogens is 464 g/mol. The first kappa shape index (κ1) is 24.8. The van der Waals surface area contributed by atoms with Crippen molar-refractivity contribution in [3.8, 4) is 6.07 Å². The maximum atomic E-state index is 11.2. The predicted molar refractivity (Wildman–Crippen MR) is 146 cm³/mol. The highest BCUT2D eigenvalue weighted by molar-refractivity contribution is 5.95. The van der Waals surface area contributed by atoms with Crippen LogP contribution in [0.1, 0.15) is 24.5 Å². The lowest BCUT2D eigenvalue weighted by Crippen LogP contribution is -2.49. The van der Waals surface area contributed by atoms with E-state index in [-0.39, 0.29) is 0 Å². The van der Waals surface area contributed by atoms with Crippen molar-refractivity contribution in [3.63, 3.8) is 0 Å². The molecule has 1 amide bonds. The molecule has 192 valence electrons. The number of anilines is 2. The summed E-state index contributed by atoms with van der Waals surface area (Å²) in [6.45, 7) is 7.64. The van der Waals surface area contributed by atoms with Gasteiger partial charge in [-0.1, -0.05) is 19.1 Å². The number of carbonyl (C=O) groups is 1. The van der Waals surface area contributed by atoms with Crippen molar-refractivity contribution in [2.75, 3.05) is 56.1 Å². The van der Waals surface area contributed by atoms with E-state index in [0.717, 1.165) is 61.4 Å². The number of hydrogen-bond donors (Lipinski definition) is 1. The van der Waals surface area contributed by atoms with Crippen molar-refractivity contribution in [3.05, 3.63) is 65.9 Å². The van der Waals surface area contributed by atoms with E-state index in [0.29, 0.717) is 30.6 Å². The fraction of sp³-hybridized carbons (Fsp3) is 0.414. The Bertz CT molecular complexity index is 1300. The van der Waals surface area contributed by atoms with Gasteiger partial charge in [-0.25, -0.2) is 4.79 Å². The van der Waals surface area contributed by atoms with Gasteiger partial charge in [0, 0.05) is 74.8 Å². The second kappa shape index (κ2) is 10.7. The molecule has 0 aliphatic carbocycles. The largest absolute Gasteiger partial charge is 0.465 e. The van der Waals surface area contributed by atoms with Gasteiger partial charge in [0.1, 0.15) is 6.07 Å². The highest BCUT2D eigenvalue weighted by atomic mass is 16.4. The first-order valence-corrected chi connectivity index (χ1v) is 13.0. The first-order valence-electron chi connectivity index (χ1n) is 13.0. The summed E-state index contributed by atoms with van der Waals surface area (Å²) in [4.78, 5) is 24.3. The van der Waals surface area contributed by atoms with E-state index in [1.54, 1.807) is 6.20 Å². The van der Waals surface area contributed by atoms with E-state index in [4.69, 9.17) is 0 Å². The minimum atomic E-state index is -0.835. The van der Waals surface area contributed by atoms with E-state index >= 15 is 0 Å². The smallest absolute Gasteiger partial charge is 0.407 e. The van der Waals surface area contributed by atoms with Crippen LogP contribution < -0.4 is 9.80 Å². The van der Waals surface area contributed by atoms with Crippen molar-refractivity contribution >= 4 is 28.4 Å². The molecule has 0 bridgehead atoms. The third-order valence-electron chi connectivity index (χ3n) is 7.75. The summed E-state index contributed by atoms with van der Waals surface area (Å²) in [6, 6.07) is 19.4. The number of amides is 1. The van der Waals surface area contributed by atoms with Crippen LogP contribution in [-0.2, 0) is 6.54 Å². The van der Waals surface area contributed by atoms with Crippen molar-refractivity contribution in [2.24, 2.45) is 5.92 Å². The number of pyridine rings is 1. The quantitative estimate of drug-likeness (QED) is 0.563. The summed E-state index contributed by atoms with van der Waals surface area (Å²) in [5.74, 6) is 0.551. The molecule has 1 N–H and O–H groups in total. The number of benzene rings is 2. The van der Waals surface area contributed by atoms with Crippen LogP contribution in [0.3, 0.4) is 0 Å². The van der Waals surface area contributed by atoms with Gasteiger partial charge < -0.3 is 19.8 Å². The molecule has 37 heavy (non-hydrogen) atoms. The Morgan fingerprint density at radius 3 is 2.54 bits per heavy atom. The number of nitriles is 1. The SMILES string of the molecule is C[C@H]1C[C@@H](N(C)Cc2ccc(N3CCN(C(=O)O)CC3)cc2)CN(c2ccc(C#N)c3ncccc23)C1. The highest BCUT2D eigenvalue weighted by Crippen LogP contribution is 2.32. The van der Waals surface area contributed by atoms with Crippen molar-refractivity contribution in [1.29, 1.82) is 5.26 Å². The second-order valence-corrected chi connectivity index (χ2v) is 10.4. The van der Waals surface area contributed by atoms with E-state index in [2.05, 4.69) is 76.1 Å². The average molecular weight is 499 g/mol. The zero-order valence-corrected chi connectivity index (χ0v) is 21.5. The molecule has 8 heteroatoms. The number of aromatic nitrogens is 1. The van der Waals surface area contributed by atoms with Crippen LogP contribution in [0.25, 0.3) is 10.9 Å². The van der Waals surface area contributed by atoms with Crippen LogP contribution in [0, 0.1) is 17.2 Å². The summed E-state index contributed by atoms with van der Waals surface area (Å²) in [6.07, 6.45) is 2.06. The normalized spacial score (nSPS) is 20.3. The van der Waals surface area contributed by atoms with Crippen molar-refractivity contribution in [2.45, 2.75) is 25.9 Å². The number of fused-ring (bicyclic) bond motifs is 1. The third-order valence-corrected chi connectivity index (χ3v) is 7.75. The number of piperazine rings is 1. The van der Waals surface area contributed by atoms with Crippen LogP contribution in [0.2, 0.25) is 0 Å². The molecule has 8 nitrogen and oxygen atoms in total. The van der Waals surface area contributed by atoms with E-state index < -0.39 is 6.09 Å². The van der Waals surface area contributed by atoms with Gasteiger partial charge in [0.05, 0.1) is 11.1 Å². The molecule has 3 aromatic rings. The number of nitrogens with zero attached hydrogens (tertiary/aromatic N) is 6. The Morgan fingerprint density at radius 1 is 1.08 bits per heavy atom. The highest BCUT2D eigenvalue weighted by Gasteiger charge is 2.29. The minimum absolute atomic E-state index is 0.412. The maximum Gasteiger partial charge on any atom is 0.407 e. The molecule has 0 spiro atoms. The van der Waals surface area contributed by atoms with Crippen molar-refractivity contribution in [1.82, 2.24) is 14.8 Å². The summed E-state index contributed by atoms with van der Waals surface area (Å²) in [5.41, 5.74) is 4.96. The predicted octanol–water partition coefficient (Wildman–Crippen LogP) is 4.25. The van der Waals surface area contributed by atoms with Gasteiger partial charge in [-0.3, -0.25) is 9.88 Å². The first-order chi connectivity index (χ1) is 17.9. The molecule has 0 radical (unpaired) electrons. The van der Waals surface area contributed by atoms with Gasteiger partial charge in [0.25, 0.3) is 0 Å². The summed E-state index contributed by atoms with van der Waals surface area (Å²) in [5, 5.41) is 19.7.